The van der Waals surface area contributed by atoms with Crippen LogP contribution in [0, 0.1) is 0 Å². The van der Waals surface area contributed by atoms with Crippen LogP contribution in [0.4, 0.5) is 5.69 Å². The maximum Gasteiger partial charge on any atom is 0.161 e. The molecule has 3 rings (SSSR count). The molecule has 0 bridgehead atoms. The second kappa shape index (κ2) is 9.15. The second-order valence-corrected chi connectivity index (χ2v) is 6.70. The van der Waals surface area contributed by atoms with Gasteiger partial charge in [-0.15, -0.1) is 11.3 Å². The Kier molecular flexibility index (Phi) is 6.39. The van der Waals surface area contributed by atoms with Gasteiger partial charge in [0.2, 0.25) is 0 Å². The number of hydrogen-bond acceptors (Lipinski definition) is 5. The number of nitrogens with one attached hydrogen (secondary N) is 1. The van der Waals surface area contributed by atoms with Crippen molar-refractivity contribution >= 4 is 17.0 Å². The quantitative estimate of drug-likeness (QED) is 0.552. The highest BCUT2D eigenvalue weighted by molar-refractivity contribution is 7.09. The van der Waals surface area contributed by atoms with Crippen LogP contribution in [0.25, 0.3) is 0 Å². The Morgan fingerprint density at radius 1 is 0.962 bits per heavy atom. The maximum atomic E-state index is 5.88. The summed E-state index contributed by atoms with van der Waals surface area (Å²) in [6, 6.07) is 18.1. The SMILES string of the molecule is CCOc1ccc(NCc2ccc(OCc3cccs3)c(OC)c2)cc1. The minimum atomic E-state index is 0.553. The molecule has 0 saturated carbocycles. The van der Waals surface area contributed by atoms with Crippen molar-refractivity contribution in [2.75, 3.05) is 19.0 Å². The molecule has 5 heteroatoms. The highest BCUT2D eigenvalue weighted by atomic mass is 32.1. The molecule has 2 aromatic carbocycles. The lowest BCUT2D eigenvalue weighted by Gasteiger charge is -2.13. The third kappa shape index (κ3) is 4.92. The lowest BCUT2D eigenvalue weighted by molar-refractivity contribution is 0.287. The van der Waals surface area contributed by atoms with Crippen LogP contribution in [-0.4, -0.2) is 13.7 Å². The topological polar surface area (TPSA) is 39.7 Å². The summed E-state index contributed by atoms with van der Waals surface area (Å²) >= 11 is 1.68. The minimum absolute atomic E-state index is 0.553. The van der Waals surface area contributed by atoms with Gasteiger partial charge < -0.3 is 19.5 Å². The standard InChI is InChI=1S/C21H23NO3S/c1-3-24-18-9-7-17(8-10-18)22-14-16-6-11-20(21(13-16)23-2)25-15-19-5-4-12-26-19/h4-13,22H,3,14-15H2,1-2H3. The van der Waals surface area contributed by atoms with Crippen LogP contribution < -0.4 is 19.5 Å². The number of anilines is 1. The van der Waals surface area contributed by atoms with E-state index in [4.69, 9.17) is 14.2 Å². The van der Waals surface area contributed by atoms with Gasteiger partial charge in [-0.2, -0.15) is 0 Å². The first kappa shape index (κ1) is 18.1. The van der Waals surface area contributed by atoms with Crippen LogP contribution in [0.1, 0.15) is 17.4 Å². The molecule has 26 heavy (non-hydrogen) atoms. The van der Waals surface area contributed by atoms with Crippen LogP contribution in [-0.2, 0) is 13.2 Å². The fourth-order valence-corrected chi connectivity index (χ4v) is 3.14. The first-order valence-electron chi connectivity index (χ1n) is 8.57. The van der Waals surface area contributed by atoms with E-state index in [0.717, 1.165) is 28.5 Å². The fraction of sp³-hybridized carbons (Fsp3) is 0.238. The Balaban J connectivity index is 1.59. The van der Waals surface area contributed by atoms with Crippen molar-refractivity contribution in [3.05, 3.63) is 70.4 Å². The smallest absolute Gasteiger partial charge is 0.161 e. The van der Waals surface area contributed by atoms with Gasteiger partial charge in [0, 0.05) is 17.1 Å². The number of rotatable bonds is 9. The summed E-state index contributed by atoms with van der Waals surface area (Å²) in [5.41, 5.74) is 2.17. The van der Waals surface area contributed by atoms with E-state index in [1.54, 1.807) is 18.4 Å². The van der Waals surface area contributed by atoms with Crippen LogP contribution in [0.5, 0.6) is 17.2 Å². The van der Waals surface area contributed by atoms with E-state index in [9.17, 15) is 0 Å². The van der Waals surface area contributed by atoms with Crippen LogP contribution in [0.3, 0.4) is 0 Å². The van der Waals surface area contributed by atoms with Gasteiger partial charge in [-0.3, -0.25) is 0 Å². The molecule has 1 N–H and O–H groups in total. The largest absolute Gasteiger partial charge is 0.494 e. The predicted octanol–water partition coefficient (Wildman–Crippen LogP) is 5.35. The lowest BCUT2D eigenvalue weighted by atomic mass is 10.2. The molecule has 0 atom stereocenters. The van der Waals surface area contributed by atoms with Gasteiger partial charge in [0.25, 0.3) is 0 Å². The Bertz CT molecular complexity index is 801. The summed E-state index contributed by atoms with van der Waals surface area (Å²) < 4.78 is 16.8. The molecule has 0 aliphatic carbocycles. The highest BCUT2D eigenvalue weighted by Gasteiger charge is 2.07. The molecule has 136 valence electrons. The van der Waals surface area contributed by atoms with Crippen LogP contribution in [0.2, 0.25) is 0 Å². The van der Waals surface area contributed by atoms with Crippen LogP contribution >= 0.6 is 11.3 Å². The Morgan fingerprint density at radius 2 is 1.81 bits per heavy atom. The molecule has 0 aliphatic heterocycles. The Morgan fingerprint density at radius 3 is 2.50 bits per heavy atom. The normalized spacial score (nSPS) is 10.4. The number of benzene rings is 2. The minimum Gasteiger partial charge on any atom is -0.494 e. The molecule has 0 saturated heterocycles. The first-order chi connectivity index (χ1) is 12.8. The second-order valence-electron chi connectivity index (χ2n) is 5.66. The number of thiophene rings is 1. The summed E-state index contributed by atoms with van der Waals surface area (Å²) in [5, 5.41) is 5.45. The molecular weight excluding hydrogens is 346 g/mol. The highest BCUT2D eigenvalue weighted by Crippen LogP contribution is 2.29. The van der Waals surface area contributed by atoms with Gasteiger partial charge >= 0.3 is 0 Å². The van der Waals surface area contributed by atoms with Crippen LogP contribution in [0.15, 0.2) is 60.0 Å². The Labute approximate surface area is 158 Å². The summed E-state index contributed by atoms with van der Waals surface area (Å²) in [6.07, 6.45) is 0. The van der Waals surface area contributed by atoms with Gasteiger partial charge in [-0.05, 0) is 60.3 Å². The average Bonchev–Trinajstić information content (AvgIpc) is 3.20. The van der Waals surface area contributed by atoms with Gasteiger partial charge in [0.05, 0.1) is 13.7 Å². The van der Waals surface area contributed by atoms with Gasteiger partial charge in [-0.25, -0.2) is 0 Å². The molecular formula is C21H23NO3S. The molecule has 0 radical (unpaired) electrons. The van der Waals surface area contributed by atoms with E-state index < -0.39 is 0 Å². The summed E-state index contributed by atoms with van der Waals surface area (Å²) in [5.74, 6) is 2.38. The molecule has 0 aliphatic rings. The zero-order valence-corrected chi connectivity index (χ0v) is 15.8. The van der Waals surface area contributed by atoms with Crippen molar-refractivity contribution in [3.63, 3.8) is 0 Å². The first-order valence-corrected chi connectivity index (χ1v) is 9.45. The number of hydrogen-bond donors (Lipinski definition) is 1. The summed E-state index contributed by atoms with van der Waals surface area (Å²) in [4.78, 5) is 1.19. The molecule has 0 spiro atoms. The van der Waals surface area contributed by atoms with Crippen molar-refractivity contribution < 1.29 is 14.2 Å². The maximum absolute atomic E-state index is 5.88. The van der Waals surface area contributed by atoms with E-state index in [2.05, 4.69) is 11.4 Å². The Hall–Kier alpha value is -2.66. The third-order valence-electron chi connectivity index (χ3n) is 3.84. The van der Waals surface area contributed by atoms with Gasteiger partial charge in [-0.1, -0.05) is 12.1 Å². The average molecular weight is 369 g/mol. The summed E-state index contributed by atoms with van der Waals surface area (Å²) in [6.45, 7) is 3.91. The zero-order chi connectivity index (χ0) is 18.2. The third-order valence-corrected chi connectivity index (χ3v) is 4.69. The monoisotopic (exact) mass is 369 g/mol. The molecule has 1 heterocycles. The van der Waals surface area contributed by atoms with E-state index in [1.807, 2.05) is 60.8 Å². The van der Waals surface area contributed by atoms with E-state index in [1.165, 1.54) is 4.88 Å². The molecule has 0 unspecified atom stereocenters. The van der Waals surface area contributed by atoms with Crippen molar-refractivity contribution in [2.45, 2.75) is 20.1 Å². The van der Waals surface area contributed by atoms with Gasteiger partial charge in [0.15, 0.2) is 11.5 Å². The number of methoxy groups -OCH3 is 1. The van der Waals surface area contributed by atoms with Crippen molar-refractivity contribution in [1.29, 1.82) is 0 Å². The zero-order valence-electron chi connectivity index (χ0n) is 15.0. The molecule has 0 fully saturated rings. The molecule has 1 aromatic heterocycles. The van der Waals surface area contributed by atoms with Gasteiger partial charge in [0.1, 0.15) is 12.4 Å². The fourth-order valence-electron chi connectivity index (χ4n) is 2.52. The molecule has 4 nitrogen and oxygen atoms in total. The van der Waals surface area contributed by atoms with E-state index in [0.29, 0.717) is 19.8 Å². The predicted molar refractivity (Wildman–Crippen MR) is 107 cm³/mol. The van der Waals surface area contributed by atoms with Crippen molar-refractivity contribution in [1.82, 2.24) is 0 Å². The van der Waals surface area contributed by atoms with E-state index in [-0.39, 0.29) is 0 Å². The van der Waals surface area contributed by atoms with Crippen molar-refractivity contribution in [2.24, 2.45) is 0 Å². The molecule has 3 aromatic rings. The summed E-state index contributed by atoms with van der Waals surface area (Å²) in [7, 11) is 1.66. The van der Waals surface area contributed by atoms with Crippen molar-refractivity contribution in [3.8, 4) is 17.2 Å². The lowest BCUT2D eigenvalue weighted by Crippen LogP contribution is -2.01. The number of ether oxygens (including phenoxy) is 3. The molecule has 0 amide bonds. The van der Waals surface area contributed by atoms with E-state index >= 15 is 0 Å².